The predicted molar refractivity (Wildman–Crippen MR) is 124 cm³/mol. The first-order chi connectivity index (χ1) is 14.9. The Labute approximate surface area is 184 Å². The SMILES string of the molecule is CCCCC(C)(F)C(=O)Oc1ccc(-c2ccccc2-c2ccc(CCC)cn2)cc1. The zero-order chi connectivity index (χ0) is 22.3. The summed E-state index contributed by atoms with van der Waals surface area (Å²) in [5.74, 6) is -0.501. The van der Waals surface area contributed by atoms with Crippen LogP contribution in [0.1, 0.15) is 52.0 Å². The molecule has 2 aromatic carbocycles. The number of alkyl halides is 1. The first kappa shape index (κ1) is 22.7. The summed E-state index contributed by atoms with van der Waals surface area (Å²) in [6.45, 7) is 5.41. The standard InChI is InChI=1S/C27H30FNO2/c1-4-6-18-27(3,28)26(30)31-22-15-13-21(14-16-22)23-10-7-8-11-24(23)25-17-12-20(9-5-2)19-29-25/h7-8,10-17,19H,4-6,9,18H2,1-3H3. The highest BCUT2D eigenvalue weighted by Gasteiger charge is 2.34. The van der Waals surface area contributed by atoms with Crippen molar-refractivity contribution in [1.29, 1.82) is 0 Å². The quantitative estimate of drug-likeness (QED) is 0.272. The van der Waals surface area contributed by atoms with E-state index < -0.39 is 11.6 Å². The Morgan fingerprint density at radius 3 is 2.29 bits per heavy atom. The smallest absolute Gasteiger partial charge is 0.348 e. The molecule has 1 unspecified atom stereocenters. The van der Waals surface area contributed by atoms with E-state index in [-0.39, 0.29) is 6.42 Å². The van der Waals surface area contributed by atoms with Crippen LogP contribution in [0.4, 0.5) is 4.39 Å². The molecule has 0 bridgehead atoms. The number of rotatable bonds is 9. The van der Waals surface area contributed by atoms with Crippen molar-refractivity contribution < 1.29 is 13.9 Å². The Kier molecular flexibility index (Phi) is 7.56. The van der Waals surface area contributed by atoms with Crippen molar-refractivity contribution in [3.8, 4) is 28.1 Å². The van der Waals surface area contributed by atoms with Gasteiger partial charge in [0, 0.05) is 11.8 Å². The van der Waals surface area contributed by atoms with Gasteiger partial charge in [-0.2, -0.15) is 0 Å². The van der Waals surface area contributed by atoms with Crippen LogP contribution in [0.3, 0.4) is 0 Å². The number of hydrogen-bond acceptors (Lipinski definition) is 3. The summed E-state index contributed by atoms with van der Waals surface area (Å²) in [5.41, 5.74) is 3.21. The van der Waals surface area contributed by atoms with Crippen molar-refractivity contribution in [2.45, 2.75) is 58.5 Å². The third-order valence-electron chi connectivity index (χ3n) is 5.37. The lowest BCUT2D eigenvalue weighted by atomic mass is 9.97. The second kappa shape index (κ2) is 10.3. The monoisotopic (exact) mass is 419 g/mol. The van der Waals surface area contributed by atoms with E-state index in [0.717, 1.165) is 41.6 Å². The van der Waals surface area contributed by atoms with Gasteiger partial charge in [0.15, 0.2) is 0 Å². The molecule has 0 aliphatic rings. The largest absolute Gasteiger partial charge is 0.424 e. The van der Waals surface area contributed by atoms with E-state index in [1.807, 2.05) is 49.5 Å². The fourth-order valence-corrected chi connectivity index (χ4v) is 3.51. The minimum Gasteiger partial charge on any atom is -0.424 e. The fraction of sp³-hybridized carbons (Fsp3) is 0.333. The molecule has 3 nitrogen and oxygen atoms in total. The van der Waals surface area contributed by atoms with Gasteiger partial charge in [-0.25, -0.2) is 9.18 Å². The van der Waals surface area contributed by atoms with Crippen LogP contribution in [0, 0.1) is 0 Å². The second-order valence-electron chi connectivity index (χ2n) is 8.06. The zero-order valence-electron chi connectivity index (χ0n) is 18.5. The molecule has 0 saturated carbocycles. The molecule has 1 aromatic heterocycles. The molecule has 3 rings (SSSR count). The zero-order valence-corrected chi connectivity index (χ0v) is 18.5. The molecule has 31 heavy (non-hydrogen) atoms. The number of esters is 1. The number of hydrogen-bond donors (Lipinski definition) is 0. The molecule has 0 spiro atoms. The van der Waals surface area contributed by atoms with E-state index in [1.165, 1.54) is 12.5 Å². The van der Waals surface area contributed by atoms with Crippen molar-refractivity contribution in [2.24, 2.45) is 0 Å². The molecule has 0 radical (unpaired) electrons. The van der Waals surface area contributed by atoms with Gasteiger partial charge >= 0.3 is 5.97 Å². The molecule has 3 aromatic rings. The molecule has 0 amide bonds. The first-order valence-electron chi connectivity index (χ1n) is 11.0. The van der Waals surface area contributed by atoms with Crippen LogP contribution in [-0.4, -0.2) is 16.6 Å². The highest BCUT2D eigenvalue weighted by molar-refractivity contribution is 5.83. The number of nitrogens with zero attached hydrogens (tertiary/aromatic N) is 1. The van der Waals surface area contributed by atoms with Crippen LogP contribution in [0.5, 0.6) is 5.75 Å². The molecule has 4 heteroatoms. The summed E-state index contributed by atoms with van der Waals surface area (Å²) >= 11 is 0. The highest BCUT2D eigenvalue weighted by atomic mass is 19.1. The van der Waals surface area contributed by atoms with Gasteiger partial charge in [0.05, 0.1) is 5.69 Å². The molecular weight excluding hydrogens is 389 g/mol. The number of carbonyl (C=O) groups excluding carboxylic acids is 1. The number of carbonyl (C=O) groups is 1. The lowest BCUT2D eigenvalue weighted by Crippen LogP contribution is -2.34. The third-order valence-corrected chi connectivity index (χ3v) is 5.37. The number of aryl methyl sites for hydroxylation is 1. The summed E-state index contributed by atoms with van der Waals surface area (Å²) in [6, 6.07) is 19.4. The van der Waals surface area contributed by atoms with Gasteiger partial charge in [0.25, 0.3) is 0 Å². The van der Waals surface area contributed by atoms with Crippen molar-refractivity contribution in [3.05, 3.63) is 72.4 Å². The normalized spacial score (nSPS) is 12.9. The Morgan fingerprint density at radius 2 is 1.68 bits per heavy atom. The van der Waals surface area contributed by atoms with Gasteiger partial charge in [0.2, 0.25) is 5.67 Å². The third kappa shape index (κ3) is 5.78. The van der Waals surface area contributed by atoms with E-state index in [9.17, 15) is 9.18 Å². The van der Waals surface area contributed by atoms with E-state index >= 15 is 0 Å². The Morgan fingerprint density at radius 1 is 0.968 bits per heavy atom. The van der Waals surface area contributed by atoms with Crippen molar-refractivity contribution in [1.82, 2.24) is 4.98 Å². The highest BCUT2D eigenvalue weighted by Crippen LogP contribution is 2.32. The lowest BCUT2D eigenvalue weighted by molar-refractivity contribution is -0.147. The van der Waals surface area contributed by atoms with Crippen LogP contribution in [0.15, 0.2) is 66.9 Å². The van der Waals surface area contributed by atoms with E-state index in [1.54, 1.807) is 12.1 Å². The van der Waals surface area contributed by atoms with Gasteiger partial charge in [0.1, 0.15) is 5.75 Å². The summed E-state index contributed by atoms with van der Waals surface area (Å²) in [6.07, 6.45) is 5.69. The van der Waals surface area contributed by atoms with Crippen LogP contribution < -0.4 is 4.74 Å². The molecule has 0 N–H and O–H groups in total. The number of halogens is 1. The topological polar surface area (TPSA) is 39.2 Å². The van der Waals surface area contributed by atoms with E-state index in [4.69, 9.17) is 4.74 Å². The summed E-state index contributed by atoms with van der Waals surface area (Å²) in [5, 5.41) is 0. The number of unbranched alkanes of at least 4 members (excludes halogenated alkanes) is 1. The molecule has 1 atom stereocenters. The Balaban J connectivity index is 1.79. The molecule has 0 aliphatic carbocycles. The Bertz CT molecular complexity index is 995. The number of ether oxygens (including phenoxy) is 1. The maximum atomic E-state index is 14.5. The van der Waals surface area contributed by atoms with E-state index in [0.29, 0.717) is 12.2 Å². The van der Waals surface area contributed by atoms with Gasteiger partial charge in [-0.05, 0) is 61.1 Å². The van der Waals surface area contributed by atoms with E-state index in [2.05, 4.69) is 24.0 Å². The van der Waals surface area contributed by atoms with Crippen LogP contribution in [0.2, 0.25) is 0 Å². The van der Waals surface area contributed by atoms with Crippen molar-refractivity contribution in [3.63, 3.8) is 0 Å². The van der Waals surface area contributed by atoms with Crippen LogP contribution in [-0.2, 0) is 11.2 Å². The Hall–Kier alpha value is -3.01. The number of aromatic nitrogens is 1. The predicted octanol–water partition coefficient (Wildman–Crippen LogP) is 7.19. The molecule has 0 aliphatic heterocycles. The van der Waals surface area contributed by atoms with Crippen molar-refractivity contribution in [2.75, 3.05) is 0 Å². The maximum Gasteiger partial charge on any atom is 0.348 e. The molecule has 0 fully saturated rings. The van der Waals surface area contributed by atoms with Crippen LogP contribution >= 0.6 is 0 Å². The fourth-order valence-electron chi connectivity index (χ4n) is 3.51. The van der Waals surface area contributed by atoms with Gasteiger partial charge in [-0.3, -0.25) is 4.98 Å². The van der Waals surface area contributed by atoms with Crippen LogP contribution in [0.25, 0.3) is 22.4 Å². The molecule has 0 saturated heterocycles. The first-order valence-corrected chi connectivity index (χ1v) is 11.0. The van der Waals surface area contributed by atoms with Crippen molar-refractivity contribution >= 4 is 5.97 Å². The lowest BCUT2D eigenvalue weighted by Gasteiger charge is -2.18. The van der Waals surface area contributed by atoms with Gasteiger partial charge in [-0.15, -0.1) is 0 Å². The average molecular weight is 420 g/mol. The average Bonchev–Trinajstić information content (AvgIpc) is 2.79. The second-order valence-corrected chi connectivity index (χ2v) is 8.06. The van der Waals surface area contributed by atoms with Gasteiger partial charge in [-0.1, -0.05) is 69.2 Å². The number of pyridine rings is 1. The minimum absolute atomic E-state index is 0.165. The molecule has 162 valence electrons. The summed E-state index contributed by atoms with van der Waals surface area (Å²) in [4.78, 5) is 16.9. The molecule has 1 heterocycles. The van der Waals surface area contributed by atoms with Gasteiger partial charge < -0.3 is 4.74 Å². The summed E-state index contributed by atoms with van der Waals surface area (Å²) < 4.78 is 19.8. The minimum atomic E-state index is -1.98. The number of benzene rings is 2. The maximum absolute atomic E-state index is 14.5. The summed E-state index contributed by atoms with van der Waals surface area (Å²) in [7, 11) is 0. The molecular formula is C27H30FNO2.